The van der Waals surface area contributed by atoms with E-state index < -0.39 is 12.1 Å². The van der Waals surface area contributed by atoms with Crippen molar-refractivity contribution >= 4 is 5.97 Å². The van der Waals surface area contributed by atoms with E-state index in [4.69, 9.17) is 9.84 Å². The highest BCUT2D eigenvalue weighted by atomic mass is 16.5. The highest BCUT2D eigenvalue weighted by Crippen LogP contribution is 2.16. The van der Waals surface area contributed by atoms with Crippen LogP contribution >= 0.6 is 0 Å². The Morgan fingerprint density at radius 2 is 1.72 bits per heavy atom. The van der Waals surface area contributed by atoms with Crippen LogP contribution < -0.4 is 0 Å². The van der Waals surface area contributed by atoms with Crippen molar-refractivity contribution in [2.45, 2.75) is 52.2 Å². The highest BCUT2D eigenvalue weighted by Gasteiger charge is 2.19. The standard InChI is InChI=1S/C15H22O3/c1-10(2)13-7-5-12(6-8-13)9-14(15(16)17)18-11(3)4/h5-8,10-11,14H,9H2,1-4H3,(H,16,17)/t14-/m1/s1. The lowest BCUT2D eigenvalue weighted by molar-refractivity contribution is -0.153. The smallest absolute Gasteiger partial charge is 0.333 e. The molecular formula is C15H22O3. The summed E-state index contributed by atoms with van der Waals surface area (Å²) in [6.07, 6.45) is -0.442. The molecule has 18 heavy (non-hydrogen) atoms. The van der Waals surface area contributed by atoms with Gasteiger partial charge in [0.25, 0.3) is 0 Å². The lowest BCUT2D eigenvalue weighted by Gasteiger charge is -2.16. The summed E-state index contributed by atoms with van der Waals surface area (Å²) in [4.78, 5) is 11.1. The second-order valence-electron chi connectivity index (χ2n) is 5.11. The third kappa shape index (κ3) is 4.49. The zero-order valence-electron chi connectivity index (χ0n) is 11.5. The molecule has 0 aromatic heterocycles. The van der Waals surface area contributed by atoms with Gasteiger partial charge in [0.2, 0.25) is 0 Å². The van der Waals surface area contributed by atoms with Gasteiger partial charge in [0.05, 0.1) is 6.10 Å². The first kappa shape index (κ1) is 14.7. The van der Waals surface area contributed by atoms with Crippen LogP contribution in [0.1, 0.15) is 44.7 Å². The van der Waals surface area contributed by atoms with Gasteiger partial charge in [-0.1, -0.05) is 38.1 Å². The molecule has 0 amide bonds. The minimum atomic E-state index is -0.906. The molecule has 3 heteroatoms. The van der Waals surface area contributed by atoms with Crippen molar-refractivity contribution in [3.05, 3.63) is 35.4 Å². The largest absolute Gasteiger partial charge is 0.479 e. The maximum Gasteiger partial charge on any atom is 0.333 e. The number of rotatable bonds is 6. The molecule has 1 aromatic rings. The van der Waals surface area contributed by atoms with E-state index in [1.54, 1.807) is 0 Å². The van der Waals surface area contributed by atoms with Gasteiger partial charge in [0.1, 0.15) is 0 Å². The van der Waals surface area contributed by atoms with Crippen LogP contribution in [-0.4, -0.2) is 23.3 Å². The summed E-state index contributed by atoms with van der Waals surface area (Å²) >= 11 is 0. The molecule has 0 radical (unpaired) electrons. The maximum absolute atomic E-state index is 11.1. The quantitative estimate of drug-likeness (QED) is 0.843. The van der Waals surface area contributed by atoms with Crippen molar-refractivity contribution in [2.24, 2.45) is 0 Å². The normalized spacial score (nSPS) is 13.0. The summed E-state index contributed by atoms with van der Waals surface area (Å²) in [5.41, 5.74) is 2.25. The molecule has 0 aliphatic rings. The molecule has 0 unspecified atom stereocenters. The Labute approximate surface area is 109 Å². The summed E-state index contributed by atoms with van der Waals surface area (Å²) < 4.78 is 5.39. The van der Waals surface area contributed by atoms with Crippen LogP contribution in [0.2, 0.25) is 0 Å². The van der Waals surface area contributed by atoms with Crippen molar-refractivity contribution in [3.63, 3.8) is 0 Å². The minimum Gasteiger partial charge on any atom is -0.479 e. The first-order valence-electron chi connectivity index (χ1n) is 6.37. The van der Waals surface area contributed by atoms with Gasteiger partial charge in [-0.05, 0) is 30.9 Å². The van der Waals surface area contributed by atoms with Crippen LogP contribution in [0.25, 0.3) is 0 Å². The maximum atomic E-state index is 11.1. The summed E-state index contributed by atoms with van der Waals surface area (Å²) in [7, 11) is 0. The number of ether oxygens (including phenoxy) is 1. The third-order valence-electron chi connectivity index (χ3n) is 2.78. The molecule has 1 aromatic carbocycles. The monoisotopic (exact) mass is 250 g/mol. The summed E-state index contributed by atoms with van der Waals surface area (Å²) in [5.74, 6) is -0.419. The molecule has 0 fully saturated rings. The minimum absolute atomic E-state index is 0.0824. The van der Waals surface area contributed by atoms with E-state index in [1.165, 1.54) is 5.56 Å². The van der Waals surface area contributed by atoms with E-state index in [-0.39, 0.29) is 6.10 Å². The third-order valence-corrected chi connectivity index (χ3v) is 2.78. The van der Waals surface area contributed by atoms with Crippen LogP contribution in [0.5, 0.6) is 0 Å². The van der Waals surface area contributed by atoms with Gasteiger partial charge in [-0.15, -0.1) is 0 Å². The molecule has 0 bridgehead atoms. The van der Waals surface area contributed by atoms with E-state index in [9.17, 15) is 4.79 Å². The molecular weight excluding hydrogens is 228 g/mol. The number of hydrogen-bond donors (Lipinski definition) is 1. The molecule has 100 valence electrons. The number of aliphatic carboxylic acids is 1. The van der Waals surface area contributed by atoms with Crippen LogP contribution in [0.3, 0.4) is 0 Å². The highest BCUT2D eigenvalue weighted by molar-refractivity contribution is 5.72. The van der Waals surface area contributed by atoms with E-state index in [2.05, 4.69) is 13.8 Å². The Balaban J connectivity index is 2.72. The number of hydrogen-bond acceptors (Lipinski definition) is 2. The Morgan fingerprint density at radius 1 is 1.17 bits per heavy atom. The molecule has 0 saturated heterocycles. The Morgan fingerprint density at radius 3 is 2.11 bits per heavy atom. The fourth-order valence-electron chi connectivity index (χ4n) is 1.77. The topological polar surface area (TPSA) is 46.5 Å². The van der Waals surface area contributed by atoms with Gasteiger partial charge in [0.15, 0.2) is 6.10 Å². The first-order chi connectivity index (χ1) is 8.40. The first-order valence-corrected chi connectivity index (χ1v) is 6.37. The van der Waals surface area contributed by atoms with E-state index in [0.717, 1.165) is 5.56 Å². The lowest BCUT2D eigenvalue weighted by Crippen LogP contribution is -2.29. The zero-order chi connectivity index (χ0) is 13.7. The lowest BCUT2D eigenvalue weighted by atomic mass is 10.00. The molecule has 0 spiro atoms. The fraction of sp³-hybridized carbons (Fsp3) is 0.533. The number of carboxylic acid groups (broad SMARTS) is 1. The van der Waals surface area contributed by atoms with Crippen LogP contribution in [-0.2, 0) is 16.0 Å². The van der Waals surface area contributed by atoms with E-state index >= 15 is 0 Å². The predicted molar refractivity (Wildman–Crippen MR) is 71.9 cm³/mol. The average Bonchev–Trinajstić information content (AvgIpc) is 2.28. The average molecular weight is 250 g/mol. The SMILES string of the molecule is CC(C)O[C@H](Cc1ccc(C(C)C)cc1)C(=O)O. The number of benzene rings is 1. The Hall–Kier alpha value is -1.35. The van der Waals surface area contributed by atoms with Gasteiger partial charge >= 0.3 is 5.97 Å². The molecule has 1 atom stereocenters. The van der Waals surface area contributed by atoms with Crippen molar-refractivity contribution in [1.82, 2.24) is 0 Å². The van der Waals surface area contributed by atoms with Crippen LogP contribution in [0, 0.1) is 0 Å². The van der Waals surface area contributed by atoms with Gasteiger partial charge in [-0.3, -0.25) is 0 Å². The molecule has 1 rings (SSSR count). The molecule has 0 heterocycles. The molecule has 3 nitrogen and oxygen atoms in total. The van der Waals surface area contributed by atoms with Crippen molar-refractivity contribution in [1.29, 1.82) is 0 Å². The number of carbonyl (C=O) groups is 1. The summed E-state index contributed by atoms with van der Waals surface area (Å²) in [5, 5.41) is 9.10. The van der Waals surface area contributed by atoms with Crippen molar-refractivity contribution < 1.29 is 14.6 Å². The van der Waals surface area contributed by atoms with Crippen LogP contribution in [0.15, 0.2) is 24.3 Å². The van der Waals surface area contributed by atoms with Gasteiger partial charge < -0.3 is 9.84 Å². The molecule has 0 aliphatic carbocycles. The van der Waals surface area contributed by atoms with Crippen molar-refractivity contribution in [3.8, 4) is 0 Å². The fourth-order valence-corrected chi connectivity index (χ4v) is 1.77. The van der Waals surface area contributed by atoms with Gasteiger partial charge in [-0.2, -0.15) is 0 Å². The summed E-state index contributed by atoms with van der Waals surface area (Å²) in [6, 6.07) is 8.06. The number of carboxylic acids is 1. The van der Waals surface area contributed by atoms with E-state index in [0.29, 0.717) is 12.3 Å². The second-order valence-corrected chi connectivity index (χ2v) is 5.11. The summed E-state index contributed by atoms with van der Waals surface area (Å²) in [6.45, 7) is 7.96. The molecule has 1 N–H and O–H groups in total. The van der Waals surface area contributed by atoms with Gasteiger partial charge in [0, 0.05) is 6.42 Å². The van der Waals surface area contributed by atoms with Crippen molar-refractivity contribution in [2.75, 3.05) is 0 Å². The van der Waals surface area contributed by atoms with Gasteiger partial charge in [-0.25, -0.2) is 4.79 Å². The zero-order valence-corrected chi connectivity index (χ0v) is 11.5. The van der Waals surface area contributed by atoms with Crippen LogP contribution in [0.4, 0.5) is 0 Å². The Kier molecular flexibility index (Phi) is 5.35. The predicted octanol–water partition coefficient (Wildman–Crippen LogP) is 3.23. The Bertz CT molecular complexity index is 379. The van der Waals surface area contributed by atoms with E-state index in [1.807, 2.05) is 38.1 Å². The molecule has 0 saturated carbocycles. The second kappa shape index (κ2) is 6.55. The molecule has 0 aliphatic heterocycles.